The van der Waals surface area contributed by atoms with E-state index in [2.05, 4.69) is 71.1 Å². The van der Waals surface area contributed by atoms with E-state index in [1.165, 1.54) is 5.19 Å². The van der Waals surface area contributed by atoms with Crippen LogP contribution in [0.4, 0.5) is 0 Å². The molecule has 1 aliphatic heterocycles. The van der Waals surface area contributed by atoms with Crippen LogP contribution >= 0.6 is 0 Å². The number of rotatable bonds is 7. The normalized spacial score (nSPS) is 21.0. The summed E-state index contributed by atoms with van der Waals surface area (Å²) < 4.78 is 18.2. The minimum absolute atomic E-state index is 0.145. The molecule has 1 heterocycles. The van der Waals surface area contributed by atoms with Crippen LogP contribution in [0.25, 0.3) is 0 Å². The Morgan fingerprint density at radius 2 is 1.58 bits per heavy atom. The lowest BCUT2D eigenvalue weighted by Gasteiger charge is -2.34. The molecule has 0 N–H and O–H groups in total. The summed E-state index contributed by atoms with van der Waals surface area (Å²) in [6, 6.07) is 10.9. The minimum Gasteiger partial charge on any atom is -0.403 e. The van der Waals surface area contributed by atoms with Gasteiger partial charge in [0.25, 0.3) is 0 Å². The molecular formula is C19H33BO3Si. The Bertz CT molecular complexity index is 515. The summed E-state index contributed by atoms with van der Waals surface area (Å²) in [5.74, 6) is 0. The van der Waals surface area contributed by atoms with Crippen LogP contribution in [0.2, 0.25) is 18.5 Å². The van der Waals surface area contributed by atoms with Gasteiger partial charge in [0.05, 0.1) is 19.3 Å². The molecule has 1 aromatic rings. The van der Waals surface area contributed by atoms with E-state index >= 15 is 0 Å². The van der Waals surface area contributed by atoms with Gasteiger partial charge in [0.1, 0.15) is 0 Å². The first-order valence-electron chi connectivity index (χ1n) is 9.02. The van der Waals surface area contributed by atoms with Gasteiger partial charge in [0, 0.05) is 13.7 Å². The highest BCUT2D eigenvalue weighted by atomic mass is 28.3. The lowest BCUT2D eigenvalue weighted by atomic mass is 9.81. The molecule has 1 saturated heterocycles. The summed E-state index contributed by atoms with van der Waals surface area (Å²) in [5, 5.41) is 1.46. The summed E-state index contributed by atoms with van der Waals surface area (Å²) in [6.45, 7) is 14.2. The summed E-state index contributed by atoms with van der Waals surface area (Å²) in [5.41, 5.74) is -0.160. The van der Waals surface area contributed by atoms with Crippen LogP contribution in [-0.4, -0.2) is 40.1 Å². The molecule has 24 heavy (non-hydrogen) atoms. The van der Waals surface area contributed by atoms with Crippen molar-refractivity contribution in [1.29, 1.82) is 0 Å². The standard InChI is InChI=1S/C19H33BO3Si/c1-18(2)19(3,4)23-20(22-18)17(14-11-15-21-5)24(6,7)16-12-9-8-10-13-16/h8-10,12-13,17H,11,14-15H2,1-7H3. The van der Waals surface area contributed by atoms with E-state index in [-0.39, 0.29) is 18.3 Å². The fourth-order valence-corrected chi connectivity index (χ4v) is 6.64. The highest BCUT2D eigenvalue weighted by molar-refractivity contribution is 6.97. The van der Waals surface area contributed by atoms with Gasteiger partial charge in [-0.3, -0.25) is 0 Å². The predicted octanol–water partition coefficient (Wildman–Crippen LogP) is 4.03. The van der Waals surface area contributed by atoms with Gasteiger partial charge in [-0.1, -0.05) is 55.0 Å². The quantitative estimate of drug-likeness (QED) is 0.550. The van der Waals surface area contributed by atoms with Crippen molar-refractivity contribution in [3.8, 4) is 0 Å². The molecule has 1 atom stereocenters. The van der Waals surface area contributed by atoms with Crippen molar-refractivity contribution in [2.45, 2.75) is 70.3 Å². The molecule has 1 fully saturated rings. The van der Waals surface area contributed by atoms with E-state index in [0.717, 1.165) is 19.4 Å². The first-order chi connectivity index (χ1) is 11.1. The van der Waals surface area contributed by atoms with E-state index in [0.29, 0.717) is 5.44 Å². The van der Waals surface area contributed by atoms with Crippen LogP contribution in [0.15, 0.2) is 30.3 Å². The second kappa shape index (κ2) is 7.32. The predicted molar refractivity (Wildman–Crippen MR) is 105 cm³/mol. The molecule has 0 spiro atoms. The van der Waals surface area contributed by atoms with E-state index in [4.69, 9.17) is 14.0 Å². The van der Waals surface area contributed by atoms with E-state index in [9.17, 15) is 0 Å². The zero-order valence-electron chi connectivity index (χ0n) is 16.4. The van der Waals surface area contributed by atoms with Crippen molar-refractivity contribution in [2.24, 2.45) is 0 Å². The molecule has 0 bridgehead atoms. The second-order valence-electron chi connectivity index (χ2n) is 8.45. The van der Waals surface area contributed by atoms with Crippen LogP contribution in [0, 0.1) is 0 Å². The lowest BCUT2D eigenvalue weighted by Crippen LogP contribution is -2.52. The molecule has 3 nitrogen and oxygen atoms in total. The maximum absolute atomic E-state index is 6.44. The van der Waals surface area contributed by atoms with Crippen molar-refractivity contribution in [2.75, 3.05) is 13.7 Å². The molecule has 5 heteroatoms. The van der Waals surface area contributed by atoms with Crippen LogP contribution in [0.1, 0.15) is 40.5 Å². The number of ether oxygens (including phenoxy) is 1. The fraction of sp³-hybridized carbons (Fsp3) is 0.684. The Kier molecular flexibility index (Phi) is 6.01. The maximum Gasteiger partial charge on any atom is 0.458 e. The van der Waals surface area contributed by atoms with Crippen LogP contribution in [-0.2, 0) is 14.0 Å². The number of hydrogen-bond acceptors (Lipinski definition) is 3. The minimum atomic E-state index is -1.75. The van der Waals surface area contributed by atoms with Gasteiger partial charge in [-0.2, -0.15) is 0 Å². The third kappa shape index (κ3) is 3.96. The van der Waals surface area contributed by atoms with Crippen LogP contribution in [0.3, 0.4) is 0 Å². The molecule has 0 saturated carbocycles. The summed E-state index contributed by atoms with van der Waals surface area (Å²) in [4.78, 5) is 0. The molecule has 0 radical (unpaired) electrons. The van der Waals surface area contributed by atoms with Crippen LogP contribution in [0.5, 0.6) is 0 Å². The third-order valence-corrected chi connectivity index (χ3v) is 10.1. The van der Waals surface area contributed by atoms with Gasteiger partial charge < -0.3 is 14.0 Å². The first-order valence-corrected chi connectivity index (χ1v) is 12.1. The van der Waals surface area contributed by atoms with Crippen molar-refractivity contribution < 1.29 is 14.0 Å². The molecule has 134 valence electrons. The Labute approximate surface area is 149 Å². The second-order valence-corrected chi connectivity index (χ2v) is 13.2. The van der Waals surface area contributed by atoms with Crippen LogP contribution < -0.4 is 5.19 Å². The van der Waals surface area contributed by atoms with Gasteiger partial charge in [-0.15, -0.1) is 0 Å². The Morgan fingerprint density at radius 1 is 1.04 bits per heavy atom. The first kappa shape index (κ1) is 19.7. The summed E-state index contributed by atoms with van der Waals surface area (Å²) in [7, 11) is -0.132. The molecule has 1 aromatic carbocycles. The van der Waals surface area contributed by atoms with Crippen molar-refractivity contribution in [3.05, 3.63) is 30.3 Å². The average Bonchev–Trinajstić information content (AvgIpc) is 2.72. The van der Waals surface area contributed by atoms with Crippen molar-refractivity contribution in [1.82, 2.24) is 0 Å². The van der Waals surface area contributed by atoms with Crippen molar-refractivity contribution in [3.63, 3.8) is 0 Å². The smallest absolute Gasteiger partial charge is 0.403 e. The molecule has 0 aromatic heterocycles. The number of methoxy groups -OCH3 is 1. The topological polar surface area (TPSA) is 27.7 Å². The molecule has 1 aliphatic rings. The molecule has 1 unspecified atom stereocenters. The zero-order valence-corrected chi connectivity index (χ0v) is 17.4. The highest BCUT2D eigenvalue weighted by Crippen LogP contribution is 2.43. The molecule has 0 aliphatic carbocycles. The summed E-state index contributed by atoms with van der Waals surface area (Å²) >= 11 is 0. The third-order valence-electron chi connectivity index (χ3n) is 5.91. The largest absolute Gasteiger partial charge is 0.458 e. The SMILES string of the molecule is COCCCC(B1OC(C)(C)C(C)(C)O1)[Si](C)(C)c1ccccc1. The highest BCUT2D eigenvalue weighted by Gasteiger charge is 2.56. The molecule has 2 rings (SSSR count). The number of benzene rings is 1. The Hall–Kier alpha value is -0.618. The monoisotopic (exact) mass is 348 g/mol. The van der Waals surface area contributed by atoms with Gasteiger partial charge in [-0.25, -0.2) is 0 Å². The zero-order chi connectivity index (χ0) is 18.0. The molecular weight excluding hydrogens is 315 g/mol. The van der Waals surface area contributed by atoms with E-state index < -0.39 is 8.07 Å². The van der Waals surface area contributed by atoms with Gasteiger partial charge in [-0.05, 0) is 39.6 Å². The summed E-state index contributed by atoms with van der Waals surface area (Å²) in [6.07, 6.45) is 2.10. The maximum atomic E-state index is 6.44. The molecule has 0 amide bonds. The van der Waals surface area contributed by atoms with Crippen molar-refractivity contribution >= 4 is 20.4 Å². The van der Waals surface area contributed by atoms with E-state index in [1.807, 2.05) is 0 Å². The Balaban J connectivity index is 2.28. The van der Waals surface area contributed by atoms with E-state index in [1.54, 1.807) is 7.11 Å². The average molecular weight is 348 g/mol. The fourth-order valence-electron chi connectivity index (χ4n) is 3.42. The number of hydrogen-bond donors (Lipinski definition) is 0. The van der Waals surface area contributed by atoms with Gasteiger partial charge in [0.15, 0.2) is 0 Å². The Morgan fingerprint density at radius 3 is 2.08 bits per heavy atom. The lowest BCUT2D eigenvalue weighted by molar-refractivity contribution is 0.00578. The van der Waals surface area contributed by atoms with Gasteiger partial charge >= 0.3 is 7.12 Å². The van der Waals surface area contributed by atoms with Gasteiger partial charge in [0.2, 0.25) is 0 Å².